The molecule has 0 amide bonds. The lowest BCUT2D eigenvalue weighted by Crippen LogP contribution is -2.53. The number of nitrogens with zero attached hydrogens (tertiary/aromatic N) is 4. The van der Waals surface area contributed by atoms with E-state index in [0.717, 1.165) is 32.5 Å². The van der Waals surface area contributed by atoms with Gasteiger partial charge in [-0.05, 0) is 32.7 Å². The molecule has 0 bridgehead atoms. The van der Waals surface area contributed by atoms with E-state index in [9.17, 15) is 17.6 Å². The average molecular weight is 408 g/mol. The number of likely N-dealkylation sites (tertiary alicyclic amines) is 1. The Labute approximate surface area is 160 Å². The molecule has 2 aliphatic heterocycles. The number of hydrogen-bond donors (Lipinski definition) is 1. The molecule has 3 heterocycles. The van der Waals surface area contributed by atoms with E-state index < -0.39 is 12.1 Å². The summed E-state index contributed by atoms with van der Waals surface area (Å²) < 4.78 is 50.0. The lowest BCUT2D eigenvalue weighted by molar-refractivity contribution is -0.192. The largest absolute Gasteiger partial charge is 0.490 e. The maximum absolute atomic E-state index is 12.9. The van der Waals surface area contributed by atoms with Gasteiger partial charge in [0.05, 0.1) is 19.0 Å². The third-order valence-corrected chi connectivity index (χ3v) is 5.42. The molecule has 1 aromatic rings. The number of rotatable bonds is 3. The van der Waals surface area contributed by atoms with Gasteiger partial charge in [-0.2, -0.15) is 13.2 Å². The molecule has 0 radical (unpaired) electrons. The van der Waals surface area contributed by atoms with Crippen LogP contribution in [0.3, 0.4) is 0 Å². The zero-order chi connectivity index (χ0) is 20.9. The Bertz CT molecular complexity index is 649. The standard InChI is InChI=1S/C15H23FN4O.C2HF3O2/c1-19-13(11-21-2)3-4-15(19)5-7-20(8-6-15)14-17-9-12(16)10-18-14;3-2(4,5)1(6)7/h9-10,13H,3-8,11H2,1-2H3;(H,6,7). The molecule has 7 nitrogen and oxygen atoms in total. The average Bonchev–Trinajstić information content (AvgIpc) is 2.93. The summed E-state index contributed by atoms with van der Waals surface area (Å²) in [6.45, 7) is 2.66. The minimum Gasteiger partial charge on any atom is -0.475 e. The maximum atomic E-state index is 12.9. The third-order valence-electron chi connectivity index (χ3n) is 5.42. The summed E-state index contributed by atoms with van der Waals surface area (Å²) in [4.78, 5) is 21.7. The highest BCUT2D eigenvalue weighted by atomic mass is 19.4. The summed E-state index contributed by atoms with van der Waals surface area (Å²) in [6, 6.07) is 0.531. The Kier molecular flexibility index (Phi) is 7.16. The number of anilines is 1. The number of ether oxygens (including phenoxy) is 1. The molecule has 2 aliphatic rings. The van der Waals surface area contributed by atoms with Gasteiger partial charge in [0.15, 0.2) is 5.82 Å². The summed E-state index contributed by atoms with van der Waals surface area (Å²) in [5.74, 6) is -2.50. The van der Waals surface area contributed by atoms with Crippen LogP contribution >= 0.6 is 0 Å². The van der Waals surface area contributed by atoms with Gasteiger partial charge in [-0.15, -0.1) is 0 Å². The molecular weight excluding hydrogens is 384 g/mol. The highest BCUT2D eigenvalue weighted by molar-refractivity contribution is 5.73. The predicted molar refractivity (Wildman–Crippen MR) is 92.5 cm³/mol. The van der Waals surface area contributed by atoms with Gasteiger partial charge in [-0.3, -0.25) is 4.90 Å². The Morgan fingerprint density at radius 1 is 1.29 bits per heavy atom. The topological polar surface area (TPSA) is 78.8 Å². The van der Waals surface area contributed by atoms with E-state index in [1.165, 1.54) is 25.2 Å². The summed E-state index contributed by atoms with van der Waals surface area (Å²) in [5, 5.41) is 7.12. The van der Waals surface area contributed by atoms with Crippen molar-refractivity contribution in [2.45, 2.75) is 43.4 Å². The first-order valence-corrected chi connectivity index (χ1v) is 8.83. The van der Waals surface area contributed by atoms with Gasteiger partial charge in [0.25, 0.3) is 0 Å². The fraction of sp³-hybridized carbons (Fsp3) is 0.706. The monoisotopic (exact) mass is 408 g/mol. The highest BCUT2D eigenvalue weighted by Crippen LogP contribution is 2.40. The number of carboxylic acids is 1. The zero-order valence-corrected chi connectivity index (χ0v) is 15.7. The molecule has 1 aromatic heterocycles. The van der Waals surface area contributed by atoms with Crippen LogP contribution in [0.25, 0.3) is 0 Å². The summed E-state index contributed by atoms with van der Waals surface area (Å²) in [7, 11) is 3.99. The van der Waals surface area contributed by atoms with E-state index in [1.54, 1.807) is 7.11 Å². The molecule has 0 aliphatic carbocycles. The Morgan fingerprint density at radius 3 is 2.29 bits per heavy atom. The Morgan fingerprint density at radius 2 is 1.82 bits per heavy atom. The number of aromatic nitrogens is 2. The van der Waals surface area contributed by atoms with E-state index in [4.69, 9.17) is 14.6 Å². The summed E-state index contributed by atoms with van der Waals surface area (Å²) in [5.41, 5.74) is 0.291. The van der Waals surface area contributed by atoms with Crippen LogP contribution in [0.2, 0.25) is 0 Å². The van der Waals surface area contributed by atoms with E-state index >= 15 is 0 Å². The van der Waals surface area contributed by atoms with E-state index in [0.29, 0.717) is 17.5 Å². The van der Waals surface area contributed by atoms with Gasteiger partial charge in [0.1, 0.15) is 0 Å². The van der Waals surface area contributed by atoms with E-state index in [2.05, 4.69) is 26.8 Å². The molecule has 2 fully saturated rings. The van der Waals surface area contributed by atoms with Crippen molar-refractivity contribution in [3.05, 3.63) is 18.2 Å². The van der Waals surface area contributed by atoms with Crippen molar-refractivity contribution in [3.63, 3.8) is 0 Å². The van der Waals surface area contributed by atoms with Crippen LogP contribution in [-0.4, -0.2) is 77.6 Å². The van der Waals surface area contributed by atoms with Crippen molar-refractivity contribution >= 4 is 11.9 Å². The second-order valence-electron chi connectivity index (χ2n) is 6.97. The predicted octanol–water partition coefficient (Wildman–Crippen LogP) is 2.33. The van der Waals surface area contributed by atoms with Crippen LogP contribution in [-0.2, 0) is 9.53 Å². The molecule has 1 unspecified atom stereocenters. The first-order valence-electron chi connectivity index (χ1n) is 8.83. The highest BCUT2D eigenvalue weighted by Gasteiger charge is 2.45. The van der Waals surface area contributed by atoms with Crippen LogP contribution in [0.4, 0.5) is 23.5 Å². The third kappa shape index (κ3) is 5.28. The second-order valence-corrected chi connectivity index (χ2v) is 6.97. The number of hydrogen-bond acceptors (Lipinski definition) is 6. The van der Waals surface area contributed by atoms with Gasteiger partial charge in [-0.25, -0.2) is 19.2 Å². The molecule has 1 N–H and O–H groups in total. The lowest BCUT2D eigenvalue weighted by atomic mass is 9.85. The van der Waals surface area contributed by atoms with E-state index in [-0.39, 0.29) is 5.82 Å². The smallest absolute Gasteiger partial charge is 0.475 e. The molecule has 11 heteroatoms. The van der Waals surface area contributed by atoms with Crippen LogP contribution in [0.15, 0.2) is 12.4 Å². The zero-order valence-electron chi connectivity index (χ0n) is 15.7. The van der Waals surface area contributed by atoms with Gasteiger partial charge in [-0.1, -0.05) is 0 Å². The lowest BCUT2D eigenvalue weighted by Gasteiger charge is -2.45. The van der Waals surface area contributed by atoms with Crippen LogP contribution < -0.4 is 4.90 Å². The first-order chi connectivity index (χ1) is 13.1. The number of piperidine rings is 1. The molecule has 3 rings (SSSR count). The number of likely N-dealkylation sites (N-methyl/N-ethyl adjacent to an activating group) is 1. The van der Waals surface area contributed by atoms with Crippen LogP contribution in [0.1, 0.15) is 25.7 Å². The quantitative estimate of drug-likeness (QED) is 0.769. The van der Waals surface area contributed by atoms with Crippen molar-refractivity contribution in [1.82, 2.24) is 14.9 Å². The van der Waals surface area contributed by atoms with Crippen LogP contribution in [0.5, 0.6) is 0 Å². The van der Waals surface area contributed by atoms with Crippen molar-refractivity contribution in [2.24, 2.45) is 0 Å². The van der Waals surface area contributed by atoms with Crippen molar-refractivity contribution in [1.29, 1.82) is 0 Å². The summed E-state index contributed by atoms with van der Waals surface area (Å²) >= 11 is 0. The maximum Gasteiger partial charge on any atom is 0.490 e. The molecule has 0 aromatic carbocycles. The number of carbonyl (C=O) groups is 1. The fourth-order valence-electron chi connectivity index (χ4n) is 3.77. The Hall–Kier alpha value is -2.01. The molecule has 0 saturated carbocycles. The van der Waals surface area contributed by atoms with Crippen LogP contribution in [0, 0.1) is 5.82 Å². The first kappa shape index (κ1) is 22.3. The molecule has 2 saturated heterocycles. The molecular formula is C17H24F4N4O3. The van der Waals surface area contributed by atoms with Gasteiger partial charge in [0.2, 0.25) is 5.95 Å². The minimum atomic E-state index is -5.08. The fourth-order valence-corrected chi connectivity index (χ4v) is 3.77. The van der Waals surface area contributed by atoms with Crippen molar-refractivity contribution in [2.75, 3.05) is 38.8 Å². The van der Waals surface area contributed by atoms with Gasteiger partial charge >= 0.3 is 12.1 Å². The molecule has 1 spiro atoms. The normalized spacial score (nSPS) is 22.1. The number of alkyl halides is 3. The number of methoxy groups -OCH3 is 1. The molecule has 28 heavy (non-hydrogen) atoms. The second kappa shape index (κ2) is 8.99. The number of carboxylic acid groups (broad SMARTS) is 1. The van der Waals surface area contributed by atoms with E-state index in [1.807, 2.05) is 0 Å². The van der Waals surface area contributed by atoms with Crippen molar-refractivity contribution in [3.8, 4) is 0 Å². The van der Waals surface area contributed by atoms with Crippen molar-refractivity contribution < 1.29 is 32.2 Å². The number of halogens is 4. The molecule has 1 atom stereocenters. The minimum absolute atomic E-state index is 0.291. The SMILES string of the molecule is COCC1CCC2(CCN(c3ncc(F)cn3)CC2)N1C.O=C(O)C(F)(F)F. The Balaban J connectivity index is 0.000000345. The van der Waals surface area contributed by atoms with Gasteiger partial charge < -0.3 is 14.7 Å². The van der Waals surface area contributed by atoms with Gasteiger partial charge in [0, 0.05) is 31.8 Å². The molecule has 158 valence electrons. The summed E-state index contributed by atoms with van der Waals surface area (Å²) in [6.07, 6.45) is 2.04. The number of aliphatic carboxylic acids is 1.